The molecule has 1 heterocycles. The fraction of sp³-hybridized carbons (Fsp3) is 0.645. The van der Waals surface area contributed by atoms with Crippen LogP contribution in [0.1, 0.15) is 64.7 Å². The average molecular weight is 781 g/mol. The van der Waals surface area contributed by atoms with Crippen LogP contribution in [0.2, 0.25) is 0 Å². The van der Waals surface area contributed by atoms with Gasteiger partial charge in [-0.2, -0.15) is 0 Å². The van der Waals surface area contributed by atoms with E-state index in [0.717, 1.165) is 0 Å². The number of rotatable bonds is 8. The normalized spacial score (nSPS) is 37.8. The quantitative estimate of drug-likeness (QED) is 0.163. The molecule has 5 rings (SSSR count). The van der Waals surface area contributed by atoms with Crippen LogP contribution >= 0.6 is 57.2 Å². The number of Topliss-reactive ketones (excluding diaryl/α,β-unsaturated/α-hetero) is 1. The zero-order valence-electron chi connectivity index (χ0n) is 27.5. The van der Waals surface area contributed by atoms with E-state index in [0.29, 0.717) is 23.1 Å². The maximum Gasteiger partial charge on any atom is 0.338 e. The van der Waals surface area contributed by atoms with E-state index in [1.54, 1.807) is 24.3 Å². The fourth-order valence-electron chi connectivity index (χ4n) is 8.91. The van der Waals surface area contributed by atoms with Crippen molar-refractivity contribution in [3.05, 3.63) is 47.0 Å². The average Bonchev–Trinajstić information content (AvgIpc) is 2.97. The van der Waals surface area contributed by atoms with Gasteiger partial charge in [0.25, 0.3) is 0 Å². The predicted molar refractivity (Wildman–Crippen MR) is 201 cm³/mol. The molecule has 3 aliphatic carbocycles. The Morgan fingerprint density at radius 1 is 0.979 bits per heavy atom. The summed E-state index contributed by atoms with van der Waals surface area (Å²) in [6.07, 6.45) is -3.92. The van der Waals surface area contributed by atoms with Gasteiger partial charge in [0.15, 0.2) is 5.60 Å². The summed E-state index contributed by atoms with van der Waals surface area (Å²) < 4.78 is 26.2. The number of benzene rings is 1. The molecule has 0 aromatic heterocycles. The summed E-state index contributed by atoms with van der Waals surface area (Å²) in [5.74, 6) is -3.67. The van der Waals surface area contributed by atoms with Crippen LogP contribution in [0.3, 0.4) is 0 Å². The van der Waals surface area contributed by atoms with Gasteiger partial charge in [0.05, 0.1) is 49.8 Å². The van der Waals surface area contributed by atoms with Crippen LogP contribution in [0, 0.1) is 28.6 Å². The van der Waals surface area contributed by atoms with E-state index in [4.69, 9.17) is 18.7 Å². The first-order valence-electron chi connectivity index (χ1n) is 15.6. The number of ketones is 1. The lowest BCUT2D eigenvalue weighted by Gasteiger charge is -2.68. The van der Waals surface area contributed by atoms with Crippen molar-refractivity contribution in [1.82, 2.24) is 0 Å². The molecular formula is C31H47O9P7. The molecule has 1 aromatic carbocycles. The third-order valence-electron chi connectivity index (χ3n) is 11.0. The molecule has 2 bridgehead atoms. The highest BCUT2D eigenvalue weighted by Gasteiger charge is 2.75. The number of hydrogen-bond donors (Lipinski definition) is 2. The Morgan fingerprint density at radius 2 is 1.60 bits per heavy atom. The second-order valence-electron chi connectivity index (χ2n) is 14.0. The highest BCUT2D eigenvalue weighted by Crippen LogP contribution is 2.98. The number of hydrogen-bond acceptors (Lipinski definition) is 9. The van der Waals surface area contributed by atoms with Crippen LogP contribution in [0.15, 0.2) is 41.5 Å². The maximum atomic E-state index is 14.0. The molecule has 2 saturated carbocycles. The highest BCUT2D eigenvalue weighted by molar-refractivity contribution is 8.96. The minimum absolute atomic E-state index is 0.0349. The van der Waals surface area contributed by atoms with Crippen LogP contribution in [0.25, 0.3) is 0 Å². The van der Waals surface area contributed by atoms with Crippen LogP contribution in [0.5, 0.6) is 0 Å². The molecule has 16 heteroatoms. The number of fused-ring (bicyclic) bond motifs is 5. The SMILES string of the molecule is CC(=O)O[C@@]12CO[C@@H]1C[C@H](OP(P(P)P)P(P)P)[C@]1(C)C2C(OC(=O)c2ccccc2)C2C[C@H](O)C(C)=C([C@@H](C(C)=O)[C@H]1O)C2(C)C. The van der Waals surface area contributed by atoms with E-state index < -0.39 is 98.1 Å². The summed E-state index contributed by atoms with van der Waals surface area (Å²) in [6, 6.07) is 8.69. The minimum atomic E-state index is -1.34. The van der Waals surface area contributed by atoms with Gasteiger partial charge in [-0.3, -0.25) is 9.59 Å². The van der Waals surface area contributed by atoms with Gasteiger partial charge in [0.2, 0.25) is 0 Å². The summed E-state index contributed by atoms with van der Waals surface area (Å²) in [5.41, 5.74) is -1.69. The lowest BCUT2D eigenvalue weighted by atomic mass is 9.44. The number of esters is 2. The molecular weight excluding hydrogens is 733 g/mol. The van der Waals surface area contributed by atoms with Crippen molar-refractivity contribution in [2.45, 2.75) is 90.5 Å². The van der Waals surface area contributed by atoms with E-state index in [-0.39, 0.29) is 18.8 Å². The summed E-state index contributed by atoms with van der Waals surface area (Å²) in [7, 11) is 10.4. The summed E-state index contributed by atoms with van der Waals surface area (Å²) in [5, 5.41) is 24.5. The Balaban J connectivity index is 1.83. The molecule has 0 amide bonds. The Morgan fingerprint density at radius 3 is 2.11 bits per heavy atom. The smallest absolute Gasteiger partial charge is 0.338 e. The molecule has 14 atom stereocenters. The van der Waals surface area contributed by atoms with E-state index in [2.05, 4.69) is 35.7 Å². The molecule has 0 spiro atoms. The van der Waals surface area contributed by atoms with Crippen LogP contribution in [-0.4, -0.2) is 70.7 Å². The highest BCUT2D eigenvalue weighted by atomic mass is 33.0. The van der Waals surface area contributed by atoms with Gasteiger partial charge in [0.1, 0.15) is 18.0 Å². The third kappa shape index (κ3) is 6.64. The second-order valence-corrected chi connectivity index (χ2v) is 37.6. The molecule has 9 nitrogen and oxygen atoms in total. The van der Waals surface area contributed by atoms with Crippen molar-refractivity contribution >= 4 is 74.9 Å². The van der Waals surface area contributed by atoms with Gasteiger partial charge in [-0.1, -0.05) is 39.0 Å². The predicted octanol–water partition coefficient (Wildman–Crippen LogP) is 6.98. The molecule has 4 aliphatic rings. The lowest BCUT2D eigenvalue weighted by Crippen LogP contribution is -2.79. The number of ether oxygens (including phenoxy) is 3. The van der Waals surface area contributed by atoms with E-state index in [1.165, 1.54) is 13.8 Å². The molecule has 2 N–H and O–H groups in total. The summed E-state index contributed by atoms with van der Waals surface area (Å²) >= 11 is 0. The van der Waals surface area contributed by atoms with Crippen molar-refractivity contribution in [2.24, 2.45) is 28.6 Å². The largest absolute Gasteiger partial charge is 0.458 e. The van der Waals surface area contributed by atoms with Gasteiger partial charge < -0.3 is 28.9 Å². The molecule has 1 aliphatic heterocycles. The van der Waals surface area contributed by atoms with Gasteiger partial charge in [0, 0.05) is 24.7 Å². The summed E-state index contributed by atoms with van der Waals surface area (Å²) in [4.78, 5) is 40.8. The van der Waals surface area contributed by atoms with Gasteiger partial charge in [-0.15, -0.1) is 35.7 Å². The third-order valence-corrected chi connectivity index (χ3v) is 33.5. The molecule has 260 valence electrons. The molecule has 47 heavy (non-hydrogen) atoms. The van der Waals surface area contributed by atoms with Crippen LogP contribution in [-0.2, 0) is 28.3 Å². The van der Waals surface area contributed by atoms with E-state index >= 15 is 0 Å². The van der Waals surface area contributed by atoms with E-state index in [1.807, 2.05) is 33.8 Å². The van der Waals surface area contributed by atoms with Crippen molar-refractivity contribution in [3.63, 3.8) is 0 Å². The van der Waals surface area contributed by atoms with Crippen molar-refractivity contribution in [3.8, 4) is 0 Å². The first-order valence-corrected chi connectivity index (χ1v) is 27.4. The first-order chi connectivity index (χ1) is 21.9. The number of carbonyl (C=O) groups excluding carboxylic acids is 3. The van der Waals surface area contributed by atoms with E-state index in [9.17, 15) is 24.6 Å². The number of carbonyl (C=O) groups is 3. The lowest BCUT2D eigenvalue weighted by molar-refractivity contribution is -0.349. The minimum Gasteiger partial charge on any atom is -0.458 e. The zero-order valence-corrected chi connectivity index (χ0v) is 34.8. The second kappa shape index (κ2) is 14.4. The molecule has 1 aromatic rings. The van der Waals surface area contributed by atoms with Crippen molar-refractivity contribution in [1.29, 1.82) is 0 Å². The number of aliphatic hydroxyl groups excluding tert-OH is 2. The Bertz CT molecular complexity index is 1420. The van der Waals surface area contributed by atoms with Crippen molar-refractivity contribution < 1.29 is 43.3 Å². The number of aliphatic hydroxyl groups is 2. The first kappa shape index (κ1) is 38.6. The van der Waals surface area contributed by atoms with Crippen molar-refractivity contribution in [2.75, 3.05) is 6.61 Å². The Labute approximate surface area is 290 Å². The van der Waals surface area contributed by atoms with Gasteiger partial charge >= 0.3 is 11.9 Å². The summed E-state index contributed by atoms with van der Waals surface area (Å²) in [6.45, 7) is 9.18. The Kier molecular flexibility index (Phi) is 11.9. The Hall–Kier alpha value is 0.420. The maximum absolute atomic E-state index is 14.0. The van der Waals surface area contributed by atoms with Gasteiger partial charge in [-0.25, -0.2) is 4.79 Å². The fourth-order valence-corrected chi connectivity index (χ4v) is 41.8. The van der Waals surface area contributed by atoms with Crippen LogP contribution < -0.4 is 0 Å². The molecule has 0 radical (unpaired) electrons. The van der Waals surface area contributed by atoms with Crippen LogP contribution in [0.4, 0.5) is 0 Å². The zero-order chi connectivity index (χ0) is 34.8. The molecule has 3 fully saturated rings. The van der Waals surface area contributed by atoms with Gasteiger partial charge in [-0.05, 0) is 62.9 Å². The monoisotopic (exact) mass is 780 g/mol. The standard InChI is InChI=1S/C31H47O9P7/c1-15-20(34)12-19-25(38-28(36)18-10-8-7-9-11-18)26-30(6,27(35)23(16(2)32)24(15)29(19,4)5)21(40-45(46(41)42)47(43)44)13-22-31(26,14-37-22)39-17(3)33/h7-11,19-23,25-27,34-35H,12-14,41-44H2,1-6H3/t19?,20-,21-,22+,23+,25?,26?,27+,30+,31-/m0/s1. The topological polar surface area (TPSA) is 129 Å². The molecule has 7 unspecified atom stereocenters. The molecule has 1 saturated heterocycles.